The highest BCUT2D eigenvalue weighted by Gasteiger charge is 2.12. The van der Waals surface area contributed by atoms with Gasteiger partial charge >= 0.3 is 0 Å². The molecule has 2 N–H and O–H groups in total. The van der Waals surface area contributed by atoms with Crippen molar-refractivity contribution in [3.05, 3.63) is 28.2 Å². The van der Waals surface area contributed by atoms with Crippen molar-refractivity contribution in [2.75, 3.05) is 26.2 Å². The third-order valence-corrected chi connectivity index (χ3v) is 3.44. The number of morpholine rings is 1. The second-order valence-electron chi connectivity index (χ2n) is 4.24. The van der Waals surface area contributed by atoms with Gasteiger partial charge in [-0.15, -0.1) is 0 Å². The molecular formula is C12H17BrFN3O. The number of hydrogen-bond donors (Lipinski definition) is 2. The summed E-state index contributed by atoms with van der Waals surface area (Å²) in [5.74, 6) is -0.291. The maximum Gasteiger partial charge on any atom is 0.160 e. The summed E-state index contributed by atoms with van der Waals surface area (Å²) in [7, 11) is 0. The van der Waals surface area contributed by atoms with Gasteiger partial charge in [-0.1, -0.05) is 0 Å². The summed E-state index contributed by atoms with van der Waals surface area (Å²) in [6.07, 6.45) is 2.79. The molecule has 100 valence electrons. The third-order valence-electron chi connectivity index (χ3n) is 2.89. The lowest BCUT2D eigenvalue weighted by molar-refractivity contribution is 0.0238. The number of rotatable bonds is 5. The Balaban J connectivity index is 1.70. The molecule has 2 heterocycles. The van der Waals surface area contributed by atoms with Gasteiger partial charge in [0.1, 0.15) is 4.60 Å². The summed E-state index contributed by atoms with van der Waals surface area (Å²) in [4.78, 5) is 3.83. The zero-order chi connectivity index (χ0) is 12.8. The van der Waals surface area contributed by atoms with Gasteiger partial charge in [0.15, 0.2) is 5.82 Å². The largest absolute Gasteiger partial charge is 0.376 e. The van der Waals surface area contributed by atoms with Crippen molar-refractivity contribution in [1.29, 1.82) is 0 Å². The topological polar surface area (TPSA) is 46.2 Å². The number of nitrogens with one attached hydrogen (secondary N) is 2. The van der Waals surface area contributed by atoms with Crippen molar-refractivity contribution in [3.8, 4) is 0 Å². The van der Waals surface area contributed by atoms with Gasteiger partial charge in [0.25, 0.3) is 0 Å². The zero-order valence-corrected chi connectivity index (χ0v) is 11.7. The number of halogens is 2. The first-order valence-electron chi connectivity index (χ1n) is 6.09. The van der Waals surface area contributed by atoms with E-state index in [9.17, 15) is 4.39 Å². The first-order valence-corrected chi connectivity index (χ1v) is 6.88. The summed E-state index contributed by atoms with van der Waals surface area (Å²) < 4.78 is 19.4. The van der Waals surface area contributed by atoms with Crippen LogP contribution in [0.25, 0.3) is 0 Å². The highest BCUT2D eigenvalue weighted by Crippen LogP contribution is 2.15. The predicted molar refractivity (Wildman–Crippen MR) is 70.8 cm³/mol. The van der Waals surface area contributed by atoms with E-state index in [0.29, 0.717) is 12.1 Å². The average molecular weight is 318 g/mol. The first-order chi connectivity index (χ1) is 8.77. The molecule has 0 saturated carbocycles. The van der Waals surface area contributed by atoms with Gasteiger partial charge in [-0.3, -0.25) is 0 Å². The van der Waals surface area contributed by atoms with E-state index in [-0.39, 0.29) is 16.5 Å². The predicted octanol–water partition coefficient (Wildman–Crippen LogP) is 1.45. The van der Waals surface area contributed by atoms with Crippen LogP contribution in [0.15, 0.2) is 16.9 Å². The highest BCUT2D eigenvalue weighted by molar-refractivity contribution is 9.10. The van der Waals surface area contributed by atoms with Crippen LogP contribution in [0.4, 0.5) is 4.39 Å². The Morgan fingerprint density at radius 2 is 2.50 bits per heavy atom. The summed E-state index contributed by atoms with van der Waals surface area (Å²) in [5.41, 5.74) is 0.625. The van der Waals surface area contributed by atoms with Crippen molar-refractivity contribution >= 4 is 15.9 Å². The third kappa shape index (κ3) is 3.98. The van der Waals surface area contributed by atoms with Crippen molar-refractivity contribution in [3.63, 3.8) is 0 Å². The van der Waals surface area contributed by atoms with E-state index in [1.807, 2.05) is 0 Å². The number of pyridine rings is 1. The van der Waals surface area contributed by atoms with Crippen molar-refractivity contribution in [2.24, 2.45) is 0 Å². The molecule has 1 aromatic heterocycles. The maximum atomic E-state index is 13.6. The van der Waals surface area contributed by atoms with Crippen LogP contribution in [0.3, 0.4) is 0 Å². The fourth-order valence-corrected chi connectivity index (χ4v) is 2.26. The number of ether oxygens (including phenoxy) is 1. The molecular weight excluding hydrogens is 301 g/mol. The number of aromatic nitrogens is 1. The van der Waals surface area contributed by atoms with Crippen LogP contribution in [0.1, 0.15) is 12.0 Å². The van der Waals surface area contributed by atoms with E-state index in [2.05, 4.69) is 31.5 Å². The fraction of sp³-hybridized carbons (Fsp3) is 0.583. The molecule has 1 fully saturated rings. The first kappa shape index (κ1) is 13.9. The van der Waals surface area contributed by atoms with E-state index in [1.54, 1.807) is 12.3 Å². The summed E-state index contributed by atoms with van der Waals surface area (Å²) in [6, 6.07) is 1.69. The molecule has 0 aromatic carbocycles. The Labute approximate surface area is 114 Å². The van der Waals surface area contributed by atoms with Crippen LogP contribution in [-0.2, 0) is 11.3 Å². The molecule has 18 heavy (non-hydrogen) atoms. The van der Waals surface area contributed by atoms with E-state index in [1.165, 1.54) is 0 Å². The van der Waals surface area contributed by atoms with Crippen LogP contribution in [0, 0.1) is 5.82 Å². The molecule has 2 rings (SSSR count). The Morgan fingerprint density at radius 3 is 3.28 bits per heavy atom. The Morgan fingerprint density at radius 1 is 1.61 bits per heavy atom. The summed E-state index contributed by atoms with van der Waals surface area (Å²) >= 11 is 3.08. The van der Waals surface area contributed by atoms with Crippen LogP contribution >= 0.6 is 15.9 Å². The van der Waals surface area contributed by atoms with Crippen LogP contribution in [0.5, 0.6) is 0 Å². The second-order valence-corrected chi connectivity index (χ2v) is 4.99. The number of hydrogen-bond acceptors (Lipinski definition) is 4. The molecule has 1 aromatic rings. The standard InChI is InChI=1S/C12H17BrFN3O/c13-12-11(14)9(1-4-17-12)7-15-3-2-10-8-16-5-6-18-10/h1,4,10,15-16H,2-3,5-8H2. The van der Waals surface area contributed by atoms with E-state index in [0.717, 1.165) is 32.7 Å². The maximum absolute atomic E-state index is 13.6. The van der Waals surface area contributed by atoms with Gasteiger partial charge in [-0.05, 0) is 35.0 Å². The van der Waals surface area contributed by atoms with Gasteiger partial charge < -0.3 is 15.4 Å². The lowest BCUT2D eigenvalue weighted by atomic mass is 10.2. The molecule has 0 radical (unpaired) electrons. The zero-order valence-electron chi connectivity index (χ0n) is 10.1. The minimum Gasteiger partial charge on any atom is -0.376 e. The SMILES string of the molecule is Fc1c(CNCCC2CNCCO2)ccnc1Br. The number of nitrogens with zero attached hydrogens (tertiary/aromatic N) is 1. The lowest BCUT2D eigenvalue weighted by Crippen LogP contribution is -2.39. The monoisotopic (exact) mass is 317 g/mol. The molecule has 1 saturated heterocycles. The van der Waals surface area contributed by atoms with E-state index in [4.69, 9.17) is 4.74 Å². The van der Waals surface area contributed by atoms with Crippen molar-refractivity contribution in [2.45, 2.75) is 19.1 Å². The van der Waals surface area contributed by atoms with Gasteiger partial charge in [0, 0.05) is 31.4 Å². The van der Waals surface area contributed by atoms with Gasteiger partial charge in [0.2, 0.25) is 0 Å². The highest BCUT2D eigenvalue weighted by atomic mass is 79.9. The van der Waals surface area contributed by atoms with Gasteiger partial charge in [0.05, 0.1) is 12.7 Å². The molecule has 0 bridgehead atoms. The molecule has 1 unspecified atom stereocenters. The molecule has 1 atom stereocenters. The van der Waals surface area contributed by atoms with Crippen molar-refractivity contribution < 1.29 is 9.13 Å². The molecule has 0 spiro atoms. The normalized spacial score (nSPS) is 20.0. The molecule has 6 heteroatoms. The fourth-order valence-electron chi connectivity index (χ4n) is 1.88. The van der Waals surface area contributed by atoms with Crippen LogP contribution < -0.4 is 10.6 Å². The van der Waals surface area contributed by atoms with Gasteiger partial charge in [-0.25, -0.2) is 9.37 Å². The Bertz CT molecular complexity index is 386. The quantitative estimate of drug-likeness (QED) is 0.637. The second kappa shape index (κ2) is 7.13. The minimum atomic E-state index is -0.291. The Kier molecular flexibility index (Phi) is 5.49. The Hall–Kier alpha value is -0.560. The molecule has 1 aliphatic rings. The van der Waals surface area contributed by atoms with E-state index >= 15 is 0 Å². The molecule has 0 amide bonds. The average Bonchev–Trinajstić information content (AvgIpc) is 2.40. The minimum absolute atomic E-state index is 0.264. The lowest BCUT2D eigenvalue weighted by Gasteiger charge is -2.23. The summed E-state index contributed by atoms with van der Waals surface area (Å²) in [6.45, 7) is 3.92. The van der Waals surface area contributed by atoms with Crippen LogP contribution in [-0.4, -0.2) is 37.3 Å². The molecule has 1 aliphatic heterocycles. The van der Waals surface area contributed by atoms with Crippen molar-refractivity contribution in [1.82, 2.24) is 15.6 Å². The molecule has 0 aliphatic carbocycles. The smallest absolute Gasteiger partial charge is 0.160 e. The van der Waals surface area contributed by atoms with E-state index < -0.39 is 0 Å². The summed E-state index contributed by atoms with van der Waals surface area (Å²) in [5, 5.41) is 6.50. The molecule has 4 nitrogen and oxygen atoms in total. The van der Waals surface area contributed by atoms with Crippen LogP contribution in [0.2, 0.25) is 0 Å². The van der Waals surface area contributed by atoms with Gasteiger partial charge in [-0.2, -0.15) is 0 Å².